The van der Waals surface area contributed by atoms with Gasteiger partial charge in [-0.05, 0) is 82.1 Å². The number of benzene rings is 8. The fraction of sp³-hybridized carbons (Fsp3) is 0. The molecule has 1 aliphatic rings. The fourth-order valence-corrected chi connectivity index (χ4v) is 9.57. The number of aromatic nitrogens is 1. The third kappa shape index (κ3) is 4.58. The number of allylic oxidation sites excluding steroid dienone is 4. The van der Waals surface area contributed by atoms with Gasteiger partial charge in [0, 0.05) is 53.5 Å². The normalized spacial score (nSPS) is 14.9. The van der Waals surface area contributed by atoms with Gasteiger partial charge in [-0.25, -0.2) is 0 Å². The summed E-state index contributed by atoms with van der Waals surface area (Å²) in [6.07, 6.45) is 6.72. The third-order valence-corrected chi connectivity index (χ3v) is 12.0. The molecule has 0 aliphatic carbocycles. The highest BCUT2D eigenvalue weighted by Gasteiger charge is 2.21. The molecule has 0 bridgehead atoms. The van der Waals surface area contributed by atoms with Gasteiger partial charge in [0.15, 0.2) is 0 Å². The number of hydrogen-bond acceptors (Lipinski definition) is 2. The quantitative estimate of drug-likeness (QED) is 0.179. The topological polar surface area (TPSA) is 8.17 Å². The molecule has 10 aromatic rings. The predicted octanol–water partition coefficient (Wildman–Crippen LogP) is 14.2. The SMILES string of the molecule is C=C1/C=C(c2ccc3c(c2)c2ccc4sc5ccccc5c4c2n3-c2cccc3ccccc23)\C=C/N(c2cccc3ccccc23)c2ccccc21. The number of nitrogens with zero attached hydrogens (tertiary/aromatic N) is 2. The van der Waals surface area contributed by atoms with E-state index in [-0.39, 0.29) is 0 Å². The van der Waals surface area contributed by atoms with Crippen molar-refractivity contribution in [1.82, 2.24) is 4.57 Å². The summed E-state index contributed by atoms with van der Waals surface area (Å²) < 4.78 is 5.13. The van der Waals surface area contributed by atoms with Gasteiger partial charge in [-0.1, -0.05) is 128 Å². The van der Waals surface area contributed by atoms with Crippen LogP contribution in [0.1, 0.15) is 11.1 Å². The molecule has 2 aromatic heterocycles. The van der Waals surface area contributed by atoms with E-state index in [0.717, 1.165) is 33.6 Å². The second-order valence-corrected chi connectivity index (χ2v) is 14.9. The molecule has 3 heterocycles. The maximum absolute atomic E-state index is 4.63. The van der Waals surface area contributed by atoms with Crippen molar-refractivity contribution < 1.29 is 0 Å². The smallest absolute Gasteiger partial charge is 0.0634 e. The number of para-hydroxylation sites is 1. The van der Waals surface area contributed by atoms with Gasteiger partial charge in [-0.2, -0.15) is 0 Å². The Morgan fingerprint density at radius 3 is 1.98 bits per heavy atom. The first-order chi connectivity index (χ1) is 26.2. The Kier molecular flexibility index (Phi) is 6.61. The lowest BCUT2D eigenvalue weighted by Gasteiger charge is -2.27. The Hall–Kier alpha value is -6.68. The molecular weight excluding hydrogens is 661 g/mol. The molecule has 0 N–H and O–H groups in total. The highest BCUT2D eigenvalue weighted by Crippen LogP contribution is 2.45. The van der Waals surface area contributed by atoms with E-state index in [1.165, 1.54) is 69.2 Å². The summed E-state index contributed by atoms with van der Waals surface area (Å²) in [5, 5.41) is 10.0. The van der Waals surface area contributed by atoms with Crippen LogP contribution in [0.4, 0.5) is 11.4 Å². The Labute approximate surface area is 311 Å². The lowest BCUT2D eigenvalue weighted by atomic mass is 9.95. The highest BCUT2D eigenvalue weighted by molar-refractivity contribution is 7.26. The molecule has 1 aliphatic heterocycles. The van der Waals surface area contributed by atoms with Gasteiger partial charge in [0.1, 0.15) is 0 Å². The summed E-state index contributed by atoms with van der Waals surface area (Å²) in [7, 11) is 0. The fourth-order valence-electron chi connectivity index (χ4n) is 8.46. The minimum atomic E-state index is 0.981. The van der Waals surface area contributed by atoms with Crippen molar-refractivity contribution in [3.8, 4) is 5.69 Å². The molecule has 0 unspecified atom stereocenters. The lowest BCUT2D eigenvalue weighted by Crippen LogP contribution is -2.12. The molecule has 0 atom stereocenters. The molecular formula is C50H32N2S. The van der Waals surface area contributed by atoms with E-state index >= 15 is 0 Å². The summed E-state index contributed by atoms with van der Waals surface area (Å²) in [6.45, 7) is 4.63. The molecule has 0 fully saturated rings. The largest absolute Gasteiger partial charge is 0.316 e. The molecule has 0 amide bonds. The Bertz CT molecular complexity index is 3200. The molecule has 0 saturated heterocycles. The predicted molar refractivity (Wildman–Crippen MR) is 230 cm³/mol. The summed E-state index contributed by atoms with van der Waals surface area (Å²) in [4.78, 5) is 2.32. The van der Waals surface area contributed by atoms with Gasteiger partial charge in [0.2, 0.25) is 0 Å². The first-order valence-corrected chi connectivity index (χ1v) is 18.9. The van der Waals surface area contributed by atoms with Crippen molar-refractivity contribution in [2.75, 3.05) is 4.90 Å². The van der Waals surface area contributed by atoms with Crippen LogP contribution < -0.4 is 4.90 Å². The zero-order chi connectivity index (χ0) is 35.0. The van der Waals surface area contributed by atoms with E-state index in [1.54, 1.807) is 0 Å². The number of fused-ring (bicyclic) bond motifs is 10. The summed E-state index contributed by atoms with van der Waals surface area (Å²) in [6, 6.07) is 59.6. The molecule has 53 heavy (non-hydrogen) atoms. The maximum Gasteiger partial charge on any atom is 0.0634 e. The zero-order valence-electron chi connectivity index (χ0n) is 28.8. The summed E-state index contributed by atoms with van der Waals surface area (Å²) in [5.74, 6) is 0. The van der Waals surface area contributed by atoms with Crippen LogP contribution in [0.15, 0.2) is 189 Å². The monoisotopic (exact) mass is 692 g/mol. The number of thiophene rings is 1. The van der Waals surface area contributed by atoms with Crippen LogP contribution in [0.5, 0.6) is 0 Å². The van der Waals surface area contributed by atoms with Crippen molar-refractivity contribution in [2.45, 2.75) is 0 Å². The molecule has 3 heteroatoms. The molecule has 248 valence electrons. The van der Waals surface area contributed by atoms with E-state index in [9.17, 15) is 0 Å². The first kappa shape index (κ1) is 30.0. The molecule has 0 radical (unpaired) electrons. The van der Waals surface area contributed by atoms with Crippen LogP contribution in [0, 0.1) is 0 Å². The number of hydrogen-bond donors (Lipinski definition) is 0. The lowest BCUT2D eigenvalue weighted by molar-refractivity contribution is 1.20. The minimum Gasteiger partial charge on any atom is -0.316 e. The van der Waals surface area contributed by atoms with Crippen molar-refractivity contribution in [3.63, 3.8) is 0 Å². The summed E-state index contributed by atoms with van der Waals surface area (Å²) >= 11 is 1.87. The molecule has 11 rings (SSSR count). The van der Waals surface area contributed by atoms with E-state index in [1.807, 2.05) is 11.3 Å². The van der Waals surface area contributed by atoms with Crippen LogP contribution in [-0.2, 0) is 0 Å². The Morgan fingerprint density at radius 2 is 1.15 bits per heavy atom. The summed E-state index contributed by atoms with van der Waals surface area (Å²) in [5.41, 5.74) is 10.3. The average molecular weight is 693 g/mol. The average Bonchev–Trinajstić information content (AvgIpc) is 3.75. The van der Waals surface area contributed by atoms with Crippen LogP contribution in [0.2, 0.25) is 0 Å². The zero-order valence-corrected chi connectivity index (χ0v) is 29.6. The van der Waals surface area contributed by atoms with E-state index in [2.05, 4.69) is 198 Å². The van der Waals surface area contributed by atoms with Crippen LogP contribution in [-0.4, -0.2) is 4.57 Å². The van der Waals surface area contributed by atoms with Crippen LogP contribution in [0.3, 0.4) is 0 Å². The van der Waals surface area contributed by atoms with E-state index in [0.29, 0.717) is 0 Å². The molecule has 2 nitrogen and oxygen atoms in total. The Balaban J connectivity index is 1.17. The van der Waals surface area contributed by atoms with E-state index < -0.39 is 0 Å². The van der Waals surface area contributed by atoms with Crippen molar-refractivity contribution >= 4 is 97.4 Å². The standard InChI is InChI=1S/C50H32N2S/c1-32-30-36(28-29-51(43-20-8-6-16-37(32)43)44-21-10-14-33-12-2-4-17-38(33)44)35-24-26-46-42(31-35)40-25-27-48-49(41-19-7-9-23-47(41)53-48)50(40)52(46)45-22-11-15-34-13-3-5-18-39(34)45/h2-31H,1H2/b29-28-,36-30+. The maximum atomic E-state index is 4.63. The number of rotatable bonds is 3. The molecule has 0 spiro atoms. The first-order valence-electron chi connectivity index (χ1n) is 18.0. The van der Waals surface area contributed by atoms with Crippen molar-refractivity contribution in [3.05, 3.63) is 200 Å². The minimum absolute atomic E-state index is 0.981. The van der Waals surface area contributed by atoms with Crippen molar-refractivity contribution in [2.24, 2.45) is 0 Å². The highest BCUT2D eigenvalue weighted by atomic mass is 32.1. The van der Waals surface area contributed by atoms with Gasteiger partial charge in [0.05, 0.1) is 28.1 Å². The molecule has 0 saturated carbocycles. The number of anilines is 2. The second-order valence-electron chi connectivity index (χ2n) is 13.8. The van der Waals surface area contributed by atoms with Gasteiger partial charge in [-0.3, -0.25) is 0 Å². The Morgan fingerprint density at radius 1 is 0.491 bits per heavy atom. The van der Waals surface area contributed by atoms with Gasteiger partial charge >= 0.3 is 0 Å². The van der Waals surface area contributed by atoms with Gasteiger partial charge < -0.3 is 9.47 Å². The van der Waals surface area contributed by atoms with Gasteiger partial charge in [-0.15, -0.1) is 11.3 Å². The van der Waals surface area contributed by atoms with Crippen LogP contribution in [0.25, 0.3) is 80.4 Å². The molecule has 8 aromatic carbocycles. The second kappa shape index (κ2) is 11.7. The van der Waals surface area contributed by atoms with Crippen molar-refractivity contribution in [1.29, 1.82) is 0 Å². The third-order valence-electron chi connectivity index (χ3n) is 10.9. The van der Waals surface area contributed by atoms with Gasteiger partial charge in [0.25, 0.3) is 0 Å². The van der Waals surface area contributed by atoms with E-state index in [4.69, 9.17) is 0 Å². The van der Waals surface area contributed by atoms with Crippen LogP contribution >= 0.6 is 11.3 Å².